The Labute approximate surface area is 101 Å². The number of aromatic nitrogens is 2. The first-order chi connectivity index (χ1) is 8.17. The van der Waals surface area contributed by atoms with Crippen molar-refractivity contribution in [3.8, 4) is 0 Å². The molecule has 0 bridgehead atoms. The van der Waals surface area contributed by atoms with Gasteiger partial charge in [-0.3, -0.25) is 4.79 Å². The van der Waals surface area contributed by atoms with E-state index in [1.807, 2.05) is 36.6 Å². The second-order valence-electron chi connectivity index (χ2n) is 4.35. The molecule has 0 N–H and O–H groups in total. The number of aryl methyl sites for hydroxylation is 3. The Kier molecular flexibility index (Phi) is 3.27. The van der Waals surface area contributed by atoms with Gasteiger partial charge < -0.3 is 4.57 Å². The van der Waals surface area contributed by atoms with Gasteiger partial charge in [0.1, 0.15) is 5.69 Å². The van der Waals surface area contributed by atoms with E-state index in [-0.39, 0.29) is 5.56 Å². The SMILES string of the molecule is CCCc1nc2ccc(C)cc2n(CC)c1=O. The van der Waals surface area contributed by atoms with Crippen LogP contribution >= 0.6 is 0 Å². The molecule has 1 heterocycles. The van der Waals surface area contributed by atoms with Gasteiger partial charge in [0.2, 0.25) is 0 Å². The molecule has 0 fully saturated rings. The molecule has 2 aromatic rings. The van der Waals surface area contributed by atoms with E-state index < -0.39 is 0 Å². The quantitative estimate of drug-likeness (QED) is 0.812. The molecule has 0 spiro atoms. The molecule has 0 saturated heterocycles. The van der Waals surface area contributed by atoms with Gasteiger partial charge in [0.05, 0.1) is 11.0 Å². The highest BCUT2D eigenvalue weighted by Crippen LogP contribution is 2.13. The van der Waals surface area contributed by atoms with Crippen LogP contribution in [0.2, 0.25) is 0 Å². The number of rotatable bonds is 3. The van der Waals surface area contributed by atoms with Crippen LogP contribution in [0.5, 0.6) is 0 Å². The maximum atomic E-state index is 12.2. The number of nitrogens with zero attached hydrogens (tertiary/aromatic N) is 2. The molecule has 0 amide bonds. The van der Waals surface area contributed by atoms with E-state index in [2.05, 4.69) is 11.9 Å². The standard InChI is InChI=1S/C14H18N2O/c1-4-6-12-14(17)16(5-2)13-9-10(3)7-8-11(13)15-12/h7-9H,4-6H2,1-3H3. The zero-order chi connectivity index (χ0) is 12.4. The largest absolute Gasteiger partial charge is 0.305 e. The molecule has 0 aliphatic rings. The second kappa shape index (κ2) is 4.70. The Balaban J connectivity index is 2.79. The zero-order valence-corrected chi connectivity index (χ0v) is 10.7. The summed E-state index contributed by atoms with van der Waals surface area (Å²) in [5.41, 5.74) is 3.76. The normalized spacial score (nSPS) is 11.0. The van der Waals surface area contributed by atoms with Gasteiger partial charge in [-0.15, -0.1) is 0 Å². The molecule has 0 saturated carbocycles. The molecular weight excluding hydrogens is 212 g/mol. The van der Waals surface area contributed by atoms with Gasteiger partial charge in [0, 0.05) is 6.54 Å². The van der Waals surface area contributed by atoms with E-state index >= 15 is 0 Å². The van der Waals surface area contributed by atoms with Gasteiger partial charge in [-0.05, 0) is 38.0 Å². The lowest BCUT2D eigenvalue weighted by Crippen LogP contribution is -2.25. The summed E-state index contributed by atoms with van der Waals surface area (Å²) in [5, 5.41) is 0. The molecule has 1 aromatic heterocycles. The Morgan fingerprint density at radius 3 is 2.71 bits per heavy atom. The third-order valence-electron chi connectivity index (χ3n) is 2.97. The topological polar surface area (TPSA) is 34.9 Å². The van der Waals surface area contributed by atoms with Crippen molar-refractivity contribution in [2.75, 3.05) is 0 Å². The van der Waals surface area contributed by atoms with Crippen molar-refractivity contribution < 1.29 is 0 Å². The predicted octanol–water partition coefficient (Wildman–Crippen LogP) is 2.68. The van der Waals surface area contributed by atoms with Crippen LogP contribution in [0, 0.1) is 6.92 Å². The minimum atomic E-state index is 0.0625. The summed E-state index contributed by atoms with van der Waals surface area (Å²) in [6.45, 7) is 6.79. The van der Waals surface area contributed by atoms with Crippen molar-refractivity contribution in [3.05, 3.63) is 39.8 Å². The Hall–Kier alpha value is -1.64. The molecule has 90 valence electrons. The third-order valence-corrected chi connectivity index (χ3v) is 2.97. The summed E-state index contributed by atoms with van der Waals surface area (Å²) in [7, 11) is 0. The van der Waals surface area contributed by atoms with E-state index in [9.17, 15) is 4.79 Å². The van der Waals surface area contributed by atoms with Gasteiger partial charge >= 0.3 is 0 Å². The first-order valence-electron chi connectivity index (χ1n) is 6.17. The summed E-state index contributed by atoms with van der Waals surface area (Å²) in [6.07, 6.45) is 1.70. The molecular formula is C14H18N2O. The van der Waals surface area contributed by atoms with Gasteiger partial charge in [0.15, 0.2) is 0 Å². The fourth-order valence-electron chi connectivity index (χ4n) is 2.12. The maximum Gasteiger partial charge on any atom is 0.272 e. The summed E-state index contributed by atoms with van der Waals surface area (Å²) in [4.78, 5) is 16.7. The van der Waals surface area contributed by atoms with E-state index in [0.29, 0.717) is 12.2 Å². The number of fused-ring (bicyclic) bond motifs is 1. The van der Waals surface area contributed by atoms with Crippen LogP contribution in [0.3, 0.4) is 0 Å². The van der Waals surface area contributed by atoms with Crippen LogP contribution in [0.1, 0.15) is 31.5 Å². The molecule has 2 rings (SSSR count). The van der Waals surface area contributed by atoms with E-state index in [1.165, 1.54) is 0 Å². The lowest BCUT2D eigenvalue weighted by Gasteiger charge is -2.10. The Morgan fingerprint density at radius 2 is 2.06 bits per heavy atom. The van der Waals surface area contributed by atoms with Crippen molar-refractivity contribution in [1.82, 2.24) is 9.55 Å². The van der Waals surface area contributed by atoms with Crippen LogP contribution in [0.4, 0.5) is 0 Å². The first-order valence-corrected chi connectivity index (χ1v) is 6.17. The molecule has 0 aliphatic carbocycles. The molecule has 0 radical (unpaired) electrons. The van der Waals surface area contributed by atoms with Gasteiger partial charge in [-0.25, -0.2) is 4.98 Å². The van der Waals surface area contributed by atoms with Crippen LogP contribution in [0.15, 0.2) is 23.0 Å². The highest BCUT2D eigenvalue weighted by Gasteiger charge is 2.09. The number of benzene rings is 1. The number of hydrogen-bond donors (Lipinski definition) is 0. The zero-order valence-electron chi connectivity index (χ0n) is 10.7. The fourth-order valence-corrected chi connectivity index (χ4v) is 2.12. The van der Waals surface area contributed by atoms with Crippen LogP contribution in [0.25, 0.3) is 11.0 Å². The van der Waals surface area contributed by atoms with E-state index in [4.69, 9.17) is 0 Å². The summed E-state index contributed by atoms with van der Waals surface area (Å²) in [6, 6.07) is 6.06. The van der Waals surface area contributed by atoms with Gasteiger partial charge in [-0.1, -0.05) is 19.4 Å². The molecule has 0 unspecified atom stereocenters. The van der Waals surface area contributed by atoms with Crippen LogP contribution in [-0.4, -0.2) is 9.55 Å². The minimum Gasteiger partial charge on any atom is -0.305 e. The van der Waals surface area contributed by atoms with Crippen molar-refractivity contribution in [3.63, 3.8) is 0 Å². The predicted molar refractivity (Wildman–Crippen MR) is 70.4 cm³/mol. The molecule has 1 aromatic carbocycles. The highest BCUT2D eigenvalue weighted by atomic mass is 16.1. The highest BCUT2D eigenvalue weighted by molar-refractivity contribution is 5.75. The van der Waals surface area contributed by atoms with Crippen molar-refractivity contribution in [1.29, 1.82) is 0 Å². The third kappa shape index (κ3) is 2.09. The first kappa shape index (κ1) is 11.8. The summed E-state index contributed by atoms with van der Waals surface area (Å²) >= 11 is 0. The lowest BCUT2D eigenvalue weighted by atomic mass is 10.2. The Morgan fingerprint density at radius 1 is 1.29 bits per heavy atom. The van der Waals surface area contributed by atoms with Crippen molar-refractivity contribution in [2.24, 2.45) is 0 Å². The molecule has 0 atom stereocenters. The average Bonchev–Trinajstić information content (AvgIpc) is 2.31. The van der Waals surface area contributed by atoms with Crippen molar-refractivity contribution in [2.45, 2.75) is 40.2 Å². The van der Waals surface area contributed by atoms with E-state index in [1.54, 1.807) is 0 Å². The smallest absolute Gasteiger partial charge is 0.272 e. The summed E-state index contributed by atoms with van der Waals surface area (Å²) < 4.78 is 1.82. The minimum absolute atomic E-state index is 0.0625. The average molecular weight is 230 g/mol. The molecule has 17 heavy (non-hydrogen) atoms. The maximum absolute atomic E-state index is 12.2. The molecule has 3 heteroatoms. The molecule has 0 aliphatic heterocycles. The van der Waals surface area contributed by atoms with Crippen LogP contribution in [-0.2, 0) is 13.0 Å². The van der Waals surface area contributed by atoms with Crippen LogP contribution < -0.4 is 5.56 Å². The summed E-state index contributed by atoms with van der Waals surface area (Å²) in [5.74, 6) is 0. The van der Waals surface area contributed by atoms with Gasteiger partial charge in [-0.2, -0.15) is 0 Å². The van der Waals surface area contributed by atoms with Gasteiger partial charge in [0.25, 0.3) is 5.56 Å². The van der Waals surface area contributed by atoms with Crippen molar-refractivity contribution >= 4 is 11.0 Å². The fraction of sp³-hybridized carbons (Fsp3) is 0.429. The Bertz CT molecular complexity index is 599. The lowest BCUT2D eigenvalue weighted by molar-refractivity contribution is 0.725. The number of hydrogen-bond acceptors (Lipinski definition) is 2. The molecule has 3 nitrogen and oxygen atoms in total. The monoisotopic (exact) mass is 230 g/mol. The van der Waals surface area contributed by atoms with E-state index in [0.717, 1.165) is 29.4 Å². The second-order valence-corrected chi connectivity index (χ2v) is 4.35.